The van der Waals surface area contributed by atoms with E-state index < -0.39 is 77.7 Å². The average Bonchev–Trinajstić information content (AvgIpc) is 3.66. The number of nitrogens with two attached hydrogens (primary N) is 1. The first kappa shape index (κ1) is 45.2. The van der Waals surface area contributed by atoms with Crippen molar-refractivity contribution >= 4 is 37.4 Å². The summed E-state index contributed by atoms with van der Waals surface area (Å²) in [6.07, 6.45) is -0.323. The highest BCUT2D eigenvalue weighted by Gasteiger charge is 2.68. The van der Waals surface area contributed by atoms with Gasteiger partial charge in [-0.25, -0.2) is 9.18 Å². The lowest BCUT2D eigenvalue weighted by molar-refractivity contribution is -0.138. The third-order valence-electron chi connectivity index (χ3n) is 13.6. The van der Waals surface area contributed by atoms with Crippen molar-refractivity contribution in [1.82, 2.24) is 10.1 Å². The molecule has 1 unspecified atom stereocenters. The summed E-state index contributed by atoms with van der Waals surface area (Å²) >= 11 is 0. The molecule has 0 radical (unpaired) electrons. The molecule has 1 aromatic heterocycles. The van der Waals surface area contributed by atoms with E-state index in [0.29, 0.717) is 6.42 Å². The van der Waals surface area contributed by atoms with Crippen LogP contribution in [0.2, 0.25) is 18.1 Å². The molecule has 1 amide bonds. The van der Waals surface area contributed by atoms with Gasteiger partial charge in [0.05, 0.1) is 17.3 Å². The molecule has 3 aliphatic carbocycles. The molecule has 8 rings (SSSR count). The summed E-state index contributed by atoms with van der Waals surface area (Å²) < 4.78 is 49.5. The maximum Gasteiger partial charge on any atom is 0.414 e. The summed E-state index contributed by atoms with van der Waals surface area (Å²) in [4.78, 5) is 48.9. The van der Waals surface area contributed by atoms with Crippen LogP contribution in [0.5, 0.6) is 11.6 Å². The molecule has 4 aromatic rings. The van der Waals surface area contributed by atoms with E-state index in [-0.39, 0.29) is 83.5 Å². The standard InChI is InChI=1S/C49H59FN4O9Si/c1-47(2,3)61-46(58)54-22-21-32(53(7)8)35-37(50)30-23-29-24-31-38(51)41-36(45(52-62-41)60-26-28-19-15-12-16-20-28)44(57)49(31,63-64(9,10)48(4,5)6)43(56)33(29)40(55)34(30)42(39(35)54)59-25-27-17-13-11-14-18-27/h11-20,29,31-32,38,55H,21-26,51H2,1-10H3/t29-,31-,32?,38-,49-/m0/s1. The van der Waals surface area contributed by atoms with Crippen LogP contribution in [0.4, 0.5) is 14.9 Å². The quantitative estimate of drug-likeness (QED) is 0.121. The number of aromatic nitrogens is 1. The molecule has 3 aromatic carbocycles. The largest absolute Gasteiger partial charge is 0.507 e. The first-order valence-electron chi connectivity index (χ1n) is 21.9. The summed E-state index contributed by atoms with van der Waals surface area (Å²) in [5, 5.41) is 16.6. The number of aliphatic hydroxyl groups is 1. The van der Waals surface area contributed by atoms with Crippen molar-refractivity contribution in [1.29, 1.82) is 0 Å². The Morgan fingerprint density at radius 2 is 1.58 bits per heavy atom. The molecule has 0 bridgehead atoms. The maximum absolute atomic E-state index is 17.9. The lowest BCUT2D eigenvalue weighted by Crippen LogP contribution is -2.68. The molecule has 3 N–H and O–H groups in total. The first-order chi connectivity index (χ1) is 30.1. The van der Waals surface area contributed by atoms with Gasteiger partial charge in [0.2, 0.25) is 11.6 Å². The SMILES string of the molecule is CN(C)C1CCN(C(=O)OC(C)(C)C)c2c(OCc3ccccc3)c3c(c(F)c21)C[C@H]1C[C@H]2[C@H](N)c4onc(OCc5ccccc5)c4C(=O)[C@@]2(O[Si](C)(C)C(C)(C)C)C(=O)C1=C3O. The van der Waals surface area contributed by atoms with Crippen LogP contribution in [-0.4, -0.2) is 73.0 Å². The van der Waals surface area contributed by atoms with Crippen molar-refractivity contribution in [3.8, 4) is 11.6 Å². The molecule has 4 aliphatic rings. The summed E-state index contributed by atoms with van der Waals surface area (Å²) in [5.41, 5.74) is 5.77. The summed E-state index contributed by atoms with van der Waals surface area (Å²) in [6, 6.07) is 17.1. The van der Waals surface area contributed by atoms with Crippen LogP contribution in [0.25, 0.3) is 5.76 Å². The van der Waals surface area contributed by atoms with E-state index in [1.165, 1.54) is 4.90 Å². The van der Waals surface area contributed by atoms with Gasteiger partial charge in [0.15, 0.2) is 25.4 Å². The van der Waals surface area contributed by atoms with Crippen molar-refractivity contribution in [3.05, 3.63) is 111 Å². The molecule has 0 saturated heterocycles. The van der Waals surface area contributed by atoms with Gasteiger partial charge in [0, 0.05) is 35.2 Å². The summed E-state index contributed by atoms with van der Waals surface area (Å²) in [5.74, 6) is -4.48. The molecule has 1 aliphatic heterocycles. The third kappa shape index (κ3) is 7.53. The zero-order valence-electron chi connectivity index (χ0n) is 38.3. The van der Waals surface area contributed by atoms with E-state index >= 15 is 14.0 Å². The zero-order valence-corrected chi connectivity index (χ0v) is 39.3. The number of hydrogen-bond acceptors (Lipinski definition) is 12. The van der Waals surface area contributed by atoms with Crippen molar-refractivity contribution in [2.24, 2.45) is 17.6 Å². The number of carbonyl (C=O) groups excluding carboxylic acids is 3. The van der Waals surface area contributed by atoms with Crippen LogP contribution in [0, 0.1) is 17.7 Å². The number of benzene rings is 3. The zero-order chi connectivity index (χ0) is 46.3. The van der Waals surface area contributed by atoms with Crippen LogP contribution >= 0.6 is 0 Å². The number of aliphatic hydroxyl groups excluding tert-OH is 1. The fourth-order valence-corrected chi connectivity index (χ4v) is 10.9. The van der Waals surface area contributed by atoms with Gasteiger partial charge in [0.25, 0.3) is 5.88 Å². The van der Waals surface area contributed by atoms with Crippen LogP contribution in [0.3, 0.4) is 0 Å². The highest BCUT2D eigenvalue weighted by atomic mass is 28.4. The first-order valence-corrected chi connectivity index (χ1v) is 24.8. The van der Waals surface area contributed by atoms with Gasteiger partial charge in [-0.05, 0) is 94.5 Å². The Bertz CT molecular complexity index is 2530. The van der Waals surface area contributed by atoms with Crippen molar-refractivity contribution in [3.63, 3.8) is 0 Å². The second-order valence-electron chi connectivity index (χ2n) is 20.2. The Morgan fingerprint density at radius 3 is 2.16 bits per heavy atom. The molecule has 1 saturated carbocycles. The molecule has 15 heteroatoms. The van der Waals surface area contributed by atoms with Crippen molar-refractivity contribution < 1.29 is 47.0 Å². The number of Topliss-reactive ketones (excluding diaryl/α,β-unsaturated/α-hetero) is 2. The molecule has 13 nitrogen and oxygen atoms in total. The minimum atomic E-state index is -3.05. The minimum absolute atomic E-state index is 0.0179. The number of anilines is 1. The van der Waals surface area contributed by atoms with E-state index in [2.05, 4.69) is 5.16 Å². The van der Waals surface area contributed by atoms with Crippen LogP contribution in [-0.2, 0) is 33.6 Å². The number of ketones is 2. The fourth-order valence-electron chi connectivity index (χ4n) is 9.49. The minimum Gasteiger partial charge on any atom is -0.507 e. The Balaban J connectivity index is 1.35. The molecule has 1 fully saturated rings. The van der Waals surface area contributed by atoms with E-state index in [9.17, 15) is 9.90 Å². The second-order valence-corrected chi connectivity index (χ2v) is 24.9. The molecule has 5 atom stereocenters. The van der Waals surface area contributed by atoms with Crippen molar-refractivity contribution in [2.45, 2.75) is 115 Å². The molecule has 340 valence electrons. The van der Waals surface area contributed by atoms with Gasteiger partial charge in [-0.15, -0.1) is 0 Å². The number of hydrogen-bond donors (Lipinski definition) is 2. The van der Waals surface area contributed by atoms with E-state index in [0.717, 1.165) is 11.1 Å². The van der Waals surface area contributed by atoms with E-state index in [1.54, 1.807) is 20.8 Å². The molecule has 2 heterocycles. The number of rotatable bonds is 9. The number of nitrogens with zero attached hydrogens (tertiary/aromatic N) is 3. The normalized spacial score (nSPS) is 23.2. The van der Waals surface area contributed by atoms with Crippen LogP contribution < -0.4 is 20.1 Å². The Labute approximate surface area is 374 Å². The Hall–Kier alpha value is -5.35. The topological polar surface area (TPSA) is 167 Å². The molecule has 0 spiro atoms. The van der Waals surface area contributed by atoms with Gasteiger partial charge in [-0.3, -0.25) is 14.5 Å². The number of fused-ring (bicyclic) bond motifs is 5. The predicted octanol–water partition coefficient (Wildman–Crippen LogP) is 9.41. The number of carbonyl (C=O) groups is 3. The lowest BCUT2D eigenvalue weighted by atomic mass is 9.57. The smallest absolute Gasteiger partial charge is 0.414 e. The predicted molar refractivity (Wildman–Crippen MR) is 241 cm³/mol. The third-order valence-corrected chi connectivity index (χ3v) is 18.1. The summed E-state index contributed by atoms with van der Waals surface area (Å²) in [6.45, 7) is 15.3. The van der Waals surface area contributed by atoms with Gasteiger partial charge in [0.1, 0.15) is 36.0 Å². The molecular weight excluding hydrogens is 836 g/mol. The van der Waals surface area contributed by atoms with E-state index in [4.69, 9.17) is 28.9 Å². The highest BCUT2D eigenvalue weighted by Crippen LogP contribution is 2.59. The number of halogens is 1. The Morgan fingerprint density at radius 1 is 0.969 bits per heavy atom. The Kier molecular flexibility index (Phi) is 11.5. The summed E-state index contributed by atoms with van der Waals surface area (Å²) in [7, 11) is 0.633. The van der Waals surface area contributed by atoms with Crippen LogP contribution in [0.1, 0.15) is 110 Å². The average molecular weight is 895 g/mol. The fraction of sp³-hybridized carbons (Fsp3) is 0.469. The van der Waals surface area contributed by atoms with Gasteiger partial charge >= 0.3 is 6.09 Å². The number of ether oxygens (including phenoxy) is 3. The lowest BCUT2D eigenvalue weighted by Gasteiger charge is -2.53. The highest BCUT2D eigenvalue weighted by molar-refractivity contribution is 6.74. The van der Waals surface area contributed by atoms with Crippen LogP contribution in [0.15, 0.2) is 70.8 Å². The van der Waals surface area contributed by atoms with E-state index in [1.807, 2.05) is 114 Å². The van der Waals surface area contributed by atoms with Gasteiger partial charge in [-0.1, -0.05) is 81.4 Å². The van der Waals surface area contributed by atoms with Gasteiger partial charge < -0.3 is 38.9 Å². The monoisotopic (exact) mass is 894 g/mol. The van der Waals surface area contributed by atoms with Crippen molar-refractivity contribution in [2.75, 3.05) is 25.5 Å². The number of amides is 1. The maximum atomic E-state index is 17.9. The second kappa shape index (κ2) is 16.3. The molecular formula is C49H59FN4O9Si. The molecule has 64 heavy (non-hydrogen) atoms. The van der Waals surface area contributed by atoms with Gasteiger partial charge in [-0.2, -0.15) is 0 Å².